The average Bonchev–Trinajstić information content (AvgIpc) is 1.12. The van der Waals surface area contributed by atoms with Crippen molar-refractivity contribution >= 4 is 20.8 Å². The monoisotopic (exact) mass is 296 g/mol. The third-order valence-corrected chi connectivity index (χ3v) is 0. The van der Waals surface area contributed by atoms with Crippen LogP contribution in [-0.2, 0) is 59.6 Å². The van der Waals surface area contributed by atoms with Gasteiger partial charge in [-0.1, -0.05) is 0 Å². The van der Waals surface area contributed by atoms with Crippen LogP contribution in [0.15, 0.2) is 0 Å². The molecule has 0 aromatic heterocycles. The van der Waals surface area contributed by atoms with Gasteiger partial charge in [0.1, 0.15) is 0 Å². The Morgan fingerprint density at radius 1 is 0.667 bits per heavy atom. The Morgan fingerprint density at radius 3 is 0.667 bits per heavy atom. The summed E-state index contributed by atoms with van der Waals surface area (Å²) >= 11 is 0. The van der Waals surface area contributed by atoms with Gasteiger partial charge in [0, 0.05) is 20.8 Å². The Labute approximate surface area is 94.2 Å². The normalized spacial score (nSPS) is 9.67. The van der Waals surface area contributed by atoms with Crippen LogP contribution in [0, 0.1) is 0 Å². The maximum atomic E-state index is 8.52. The van der Waals surface area contributed by atoms with Gasteiger partial charge in [-0.05, 0) is 0 Å². The van der Waals surface area contributed by atoms with Crippen LogP contribution in [0.2, 0.25) is 0 Å². The molecule has 0 saturated heterocycles. The van der Waals surface area contributed by atoms with E-state index in [0.717, 1.165) is 0 Å². The first-order chi connectivity index (χ1) is 4.00. The van der Waals surface area contributed by atoms with Crippen molar-refractivity contribution in [1.82, 2.24) is 0 Å². The minimum Gasteiger partial charge on any atom is -0.759 e. The summed E-state index contributed by atoms with van der Waals surface area (Å²) in [4.78, 5) is 0. The van der Waals surface area contributed by atoms with E-state index < -0.39 is 20.8 Å². The van der Waals surface area contributed by atoms with Crippen LogP contribution in [-0.4, -0.2) is 35.0 Å². The molecule has 0 aliphatic heterocycles. The Bertz CT molecular complexity index is 213. The topological polar surface area (TPSA) is 161 Å². The number of hydrogen-bond donors (Lipinski definition) is 0. The van der Waals surface area contributed by atoms with Crippen molar-refractivity contribution in [3.8, 4) is 0 Å². The van der Waals surface area contributed by atoms with Crippen LogP contribution >= 0.6 is 0 Å². The van der Waals surface area contributed by atoms with E-state index in [9.17, 15) is 0 Å². The van der Waals surface area contributed by atoms with Gasteiger partial charge in [0.2, 0.25) is 0 Å². The first-order valence-electron chi connectivity index (χ1n) is 1.33. The van der Waals surface area contributed by atoms with Gasteiger partial charge in [0.25, 0.3) is 0 Å². The SMILES string of the molecule is O=S(=O)([O-])[O-].O=S(=O)([O-])[O-].[Fe+2].[Ti+4]. The molecule has 0 aromatic carbocycles. The van der Waals surface area contributed by atoms with Crippen molar-refractivity contribution in [1.29, 1.82) is 0 Å². The first kappa shape index (κ1) is 23.1. The van der Waals surface area contributed by atoms with Gasteiger partial charge in [-0.3, -0.25) is 16.8 Å². The molecule has 0 aliphatic rings. The first-order valence-corrected chi connectivity index (χ1v) is 4.00. The van der Waals surface area contributed by atoms with Crippen LogP contribution in [0.4, 0.5) is 0 Å². The Balaban J connectivity index is -0.0000000457. The molecular weight excluding hydrogens is 296 g/mol. The molecule has 0 heterocycles. The summed E-state index contributed by atoms with van der Waals surface area (Å²) in [5.41, 5.74) is 0. The Morgan fingerprint density at radius 2 is 0.667 bits per heavy atom. The molecule has 0 atom stereocenters. The van der Waals surface area contributed by atoms with Crippen LogP contribution in [0.3, 0.4) is 0 Å². The summed E-state index contributed by atoms with van der Waals surface area (Å²) in [6.45, 7) is 0. The average molecular weight is 296 g/mol. The van der Waals surface area contributed by atoms with Gasteiger partial charge in [0.15, 0.2) is 0 Å². The van der Waals surface area contributed by atoms with Crippen molar-refractivity contribution in [3.05, 3.63) is 0 Å². The molecule has 0 spiro atoms. The van der Waals surface area contributed by atoms with E-state index >= 15 is 0 Å². The number of hydrogen-bond acceptors (Lipinski definition) is 8. The molecule has 0 fully saturated rings. The van der Waals surface area contributed by atoms with E-state index in [1.807, 2.05) is 0 Å². The van der Waals surface area contributed by atoms with Crippen LogP contribution < -0.4 is 0 Å². The maximum Gasteiger partial charge on any atom is 4.00 e. The Hall–Kier alpha value is 0.974. The fourth-order valence-electron chi connectivity index (χ4n) is 0. The molecule has 70 valence electrons. The maximum absolute atomic E-state index is 8.52. The third-order valence-electron chi connectivity index (χ3n) is 0. The zero-order valence-electron chi connectivity index (χ0n) is 4.94. The minimum atomic E-state index is -5.17. The van der Waals surface area contributed by atoms with E-state index in [1.54, 1.807) is 0 Å². The quantitative estimate of drug-likeness (QED) is 0.265. The smallest absolute Gasteiger partial charge is 0.759 e. The number of rotatable bonds is 0. The molecule has 0 N–H and O–H groups in total. The van der Waals surface area contributed by atoms with Gasteiger partial charge < -0.3 is 18.2 Å². The molecule has 0 radical (unpaired) electrons. The predicted molar refractivity (Wildman–Crippen MR) is 20.9 cm³/mol. The van der Waals surface area contributed by atoms with Crippen molar-refractivity contribution in [2.45, 2.75) is 0 Å². The largest absolute Gasteiger partial charge is 4.00 e. The summed E-state index contributed by atoms with van der Waals surface area (Å²) in [5.74, 6) is 0. The van der Waals surface area contributed by atoms with E-state index in [-0.39, 0.29) is 38.8 Å². The fourth-order valence-corrected chi connectivity index (χ4v) is 0. The molecule has 8 nitrogen and oxygen atoms in total. The fraction of sp³-hybridized carbons (Fsp3) is 0. The van der Waals surface area contributed by atoms with Crippen LogP contribution in [0.5, 0.6) is 0 Å². The summed E-state index contributed by atoms with van der Waals surface area (Å²) in [5, 5.41) is 0. The van der Waals surface area contributed by atoms with Crippen LogP contribution in [0.1, 0.15) is 0 Å². The van der Waals surface area contributed by atoms with E-state index in [4.69, 9.17) is 35.0 Å². The summed E-state index contributed by atoms with van der Waals surface area (Å²) in [6, 6.07) is 0. The summed E-state index contributed by atoms with van der Waals surface area (Å²) < 4.78 is 68.2. The van der Waals surface area contributed by atoms with E-state index in [1.165, 1.54) is 0 Å². The molecule has 0 saturated carbocycles. The molecule has 0 aromatic rings. The molecule has 12 heteroatoms. The van der Waals surface area contributed by atoms with Gasteiger partial charge >= 0.3 is 38.8 Å². The predicted octanol–water partition coefficient (Wildman–Crippen LogP) is -2.68. The van der Waals surface area contributed by atoms with Crippen molar-refractivity contribution in [2.24, 2.45) is 0 Å². The summed E-state index contributed by atoms with van der Waals surface area (Å²) in [7, 11) is -10.3. The van der Waals surface area contributed by atoms with Gasteiger partial charge in [0.05, 0.1) is 0 Å². The van der Waals surface area contributed by atoms with Crippen molar-refractivity contribution < 1.29 is 73.8 Å². The summed E-state index contributed by atoms with van der Waals surface area (Å²) in [6.07, 6.45) is 0. The van der Waals surface area contributed by atoms with Crippen molar-refractivity contribution in [3.63, 3.8) is 0 Å². The van der Waals surface area contributed by atoms with Crippen molar-refractivity contribution in [2.75, 3.05) is 0 Å². The molecule has 0 aliphatic carbocycles. The second-order valence-corrected chi connectivity index (χ2v) is 2.45. The molecule has 0 unspecified atom stereocenters. The van der Waals surface area contributed by atoms with Gasteiger partial charge in [-0.15, -0.1) is 0 Å². The van der Waals surface area contributed by atoms with Crippen LogP contribution in [0.25, 0.3) is 0 Å². The molecule has 12 heavy (non-hydrogen) atoms. The second-order valence-electron chi connectivity index (χ2n) is 0.816. The van der Waals surface area contributed by atoms with E-state index in [2.05, 4.69) is 0 Å². The van der Waals surface area contributed by atoms with Gasteiger partial charge in [-0.25, -0.2) is 0 Å². The second kappa shape index (κ2) is 8.57. The third kappa shape index (κ3) is 1150. The molecule has 0 amide bonds. The molecule has 0 bridgehead atoms. The van der Waals surface area contributed by atoms with E-state index in [0.29, 0.717) is 0 Å². The standard InChI is InChI=1S/Fe.2H2O4S.Ti/c;2*1-5(2,3)4;/h;2*(H2,1,2,3,4);/q+2;;;+4/p-4. The Kier molecular flexibility index (Phi) is 16.5. The minimum absolute atomic E-state index is 0. The van der Waals surface area contributed by atoms with Gasteiger partial charge in [-0.2, -0.15) is 0 Å². The zero-order chi connectivity index (χ0) is 9.00. The zero-order valence-corrected chi connectivity index (χ0v) is 9.23. The molecular formula is FeO8S2Ti+2. The molecule has 0 rings (SSSR count).